The average Bonchev–Trinajstić information content (AvgIpc) is 1.94. The lowest BCUT2D eigenvalue weighted by Crippen LogP contribution is -2.41. The Balaban J connectivity index is 2.31. The van der Waals surface area contributed by atoms with Gasteiger partial charge in [-0.25, -0.2) is 0 Å². The van der Waals surface area contributed by atoms with E-state index in [0.29, 0.717) is 12.3 Å². The number of Topliss-reactive ketones (excluding diaryl/α,β-unsaturated/α-hetero) is 1. The molecule has 0 heterocycles. The molecule has 4 N–H and O–H groups in total. The van der Waals surface area contributed by atoms with E-state index in [9.17, 15) is 9.59 Å². The van der Waals surface area contributed by atoms with Gasteiger partial charge < -0.3 is 11.5 Å². The van der Waals surface area contributed by atoms with Crippen LogP contribution in [0.3, 0.4) is 0 Å². The van der Waals surface area contributed by atoms with E-state index in [0.717, 1.165) is 12.8 Å². The smallest absolute Gasteiger partial charge is 0.286 e. The Kier molecular flexibility index (Phi) is 2.81. The monoisotopic (exact) mass is 170 g/mol. The van der Waals surface area contributed by atoms with Crippen molar-refractivity contribution in [3.63, 3.8) is 0 Å². The first kappa shape index (κ1) is 9.19. The summed E-state index contributed by atoms with van der Waals surface area (Å²) in [6.07, 6.45) is 4.07. The molecule has 1 aliphatic carbocycles. The summed E-state index contributed by atoms with van der Waals surface area (Å²) in [6, 6.07) is -0.673. The van der Waals surface area contributed by atoms with Crippen molar-refractivity contribution in [2.45, 2.75) is 31.7 Å². The van der Waals surface area contributed by atoms with Crippen molar-refractivity contribution in [3.05, 3.63) is 0 Å². The van der Waals surface area contributed by atoms with E-state index in [4.69, 9.17) is 11.5 Å². The SMILES string of the molecule is NC(=O)C(=O)[C@@H](N)CC1CCC1. The number of carbonyl (C=O) groups excluding carboxylic acids is 2. The van der Waals surface area contributed by atoms with Crippen LogP contribution < -0.4 is 11.5 Å². The fourth-order valence-electron chi connectivity index (χ4n) is 1.38. The standard InChI is InChI=1S/C8H14N2O2/c9-6(7(11)8(10)12)4-5-2-1-3-5/h5-6H,1-4,9H2,(H2,10,12)/t6-/m0/s1. The summed E-state index contributed by atoms with van der Waals surface area (Å²) in [5.74, 6) is -1.02. The summed E-state index contributed by atoms with van der Waals surface area (Å²) < 4.78 is 0. The zero-order valence-electron chi connectivity index (χ0n) is 6.95. The van der Waals surface area contributed by atoms with Gasteiger partial charge in [0.05, 0.1) is 6.04 Å². The van der Waals surface area contributed by atoms with E-state index in [2.05, 4.69) is 0 Å². The van der Waals surface area contributed by atoms with Crippen molar-refractivity contribution < 1.29 is 9.59 Å². The van der Waals surface area contributed by atoms with Crippen LogP contribution in [0.1, 0.15) is 25.7 Å². The van der Waals surface area contributed by atoms with Gasteiger partial charge in [-0.05, 0) is 12.3 Å². The van der Waals surface area contributed by atoms with Crippen molar-refractivity contribution in [2.75, 3.05) is 0 Å². The molecule has 0 aliphatic heterocycles. The first-order valence-electron chi connectivity index (χ1n) is 4.20. The molecule has 4 heteroatoms. The number of hydrogen-bond donors (Lipinski definition) is 2. The van der Waals surface area contributed by atoms with Crippen LogP contribution in [0.2, 0.25) is 0 Å². The average molecular weight is 170 g/mol. The zero-order valence-corrected chi connectivity index (χ0v) is 6.95. The van der Waals surface area contributed by atoms with Gasteiger partial charge in [0.25, 0.3) is 5.91 Å². The van der Waals surface area contributed by atoms with E-state index in [1.165, 1.54) is 6.42 Å². The van der Waals surface area contributed by atoms with Crippen molar-refractivity contribution in [3.8, 4) is 0 Å². The van der Waals surface area contributed by atoms with Crippen LogP contribution in [0.4, 0.5) is 0 Å². The number of carbonyl (C=O) groups is 2. The molecule has 1 saturated carbocycles. The maximum atomic E-state index is 10.9. The first-order chi connectivity index (χ1) is 5.61. The second kappa shape index (κ2) is 3.67. The molecule has 1 amide bonds. The van der Waals surface area contributed by atoms with E-state index >= 15 is 0 Å². The molecule has 12 heavy (non-hydrogen) atoms. The highest BCUT2D eigenvalue weighted by Crippen LogP contribution is 2.30. The van der Waals surface area contributed by atoms with Gasteiger partial charge in [0.15, 0.2) is 0 Å². The van der Waals surface area contributed by atoms with Crippen LogP contribution in [-0.4, -0.2) is 17.7 Å². The highest BCUT2D eigenvalue weighted by atomic mass is 16.2. The summed E-state index contributed by atoms with van der Waals surface area (Å²) in [4.78, 5) is 21.3. The van der Waals surface area contributed by atoms with Gasteiger partial charge >= 0.3 is 0 Å². The zero-order chi connectivity index (χ0) is 9.14. The van der Waals surface area contributed by atoms with E-state index in [1.807, 2.05) is 0 Å². The molecule has 68 valence electrons. The lowest BCUT2D eigenvalue weighted by molar-refractivity contribution is -0.137. The Bertz CT molecular complexity index is 199. The summed E-state index contributed by atoms with van der Waals surface area (Å²) in [5.41, 5.74) is 10.3. The number of amides is 1. The largest absolute Gasteiger partial charge is 0.363 e. The molecule has 0 aromatic heterocycles. The number of nitrogens with two attached hydrogens (primary N) is 2. The van der Waals surface area contributed by atoms with Gasteiger partial charge in [-0.2, -0.15) is 0 Å². The lowest BCUT2D eigenvalue weighted by atomic mass is 9.80. The minimum absolute atomic E-state index is 0.531. The molecule has 0 aromatic rings. The molecule has 0 radical (unpaired) electrons. The molecule has 1 aliphatic rings. The Morgan fingerprint density at radius 3 is 2.33 bits per heavy atom. The maximum Gasteiger partial charge on any atom is 0.286 e. The van der Waals surface area contributed by atoms with Crippen LogP contribution >= 0.6 is 0 Å². The van der Waals surface area contributed by atoms with E-state index in [-0.39, 0.29) is 0 Å². The highest BCUT2D eigenvalue weighted by Gasteiger charge is 2.26. The second-order valence-electron chi connectivity index (χ2n) is 3.37. The van der Waals surface area contributed by atoms with Crippen LogP contribution in [0, 0.1) is 5.92 Å². The summed E-state index contributed by atoms with van der Waals surface area (Å²) in [7, 11) is 0. The van der Waals surface area contributed by atoms with Gasteiger partial charge in [0.2, 0.25) is 5.78 Å². The minimum atomic E-state index is -0.915. The molecule has 4 nitrogen and oxygen atoms in total. The number of primary amides is 1. The lowest BCUT2D eigenvalue weighted by Gasteiger charge is -2.26. The van der Waals surface area contributed by atoms with Gasteiger partial charge in [0, 0.05) is 0 Å². The van der Waals surface area contributed by atoms with Crippen molar-refractivity contribution >= 4 is 11.7 Å². The Morgan fingerprint density at radius 1 is 1.42 bits per heavy atom. The topological polar surface area (TPSA) is 86.2 Å². The fraction of sp³-hybridized carbons (Fsp3) is 0.750. The molecule has 1 atom stereocenters. The van der Waals surface area contributed by atoms with E-state index in [1.54, 1.807) is 0 Å². The number of rotatable bonds is 4. The van der Waals surface area contributed by atoms with E-state index < -0.39 is 17.7 Å². The van der Waals surface area contributed by atoms with Crippen LogP contribution in [0.15, 0.2) is 0 Å². The highest BCUT2D eigenvalue weighted by molar-refractivity contribution is 6.37. The molecule has 1 rings (SSSR count). The summed E-state index contributed by atoms with van der Waals surface area (Å²) in [6.45, 7) is 0. The number of ketones is 1. The number of hydrogen-bond acceptors (Lipinski definition) is 3. The summed E-state index contributed by atoms with van der Waals surface area (Å²) >= 11 is 0. The van der Waals surface area contributed by atoms with Crippen LogP contribution in [0.5, 0.6) is 0 Å². The van der Waals surface area contributed by atoms with Crippen LogP contribution in [-0.2, 0) is 9.59 Å². The Hall–Kier alpha value is -0.900. The molecule has 0 saturated heterocycles. The van der Waals surface area contributed by atoms with Crippen molar-refractivity contribution in [1.82, 2.24) is 0 Å². The Morgan fingerprint density at radius 2 is 2.00 bits per heavy atom. The maximum absolute atomic E-state index is 10.9. The van der Waals surface area contributed by atoms with Gasteiger partial charge in [0.1, 0.15) is 0 Å². The molecule has 0 spiro atoms. The Labute approximate surface area is 71.3 Å². The quantitative estimate of drug-likeness (QED) is 0.561. The van der Waals surface area contributed by atoms with Crippen molar-refractivity contribution in [2.24, 2.45) is 17.4 Å². The van der Waals surface area contributed by atoms with Gasteiger partial charge in [-0.1, -0.05) is 19.3 Å². The third kappa shape index (κ3) is 2.04. The minimum Gasteiger partial charge on any atom is -0.363 e. The summed E-state index contributed by atoms with van der Waals surface area (Å²) in [5, 5.41) is 0. The van der Waals surface area contributed by atoms with Crippen LogP contribution in [0.25, 0.3) is 0 Å². The predicted molar refractivity (Wildman–Crippen MR) is 44.1 cm³/mol. The normalized spacial score (nSPS) is 19.8. The predicted octanol–water partition coefficient (Wildman–Crippen LogP) is -0.442. The molecule has 0 bridgehead atoms. The molecular weight excluding hydrogens is 156 g/mol. The third-order valence-electron chi connectivity index (χ3n) is 2.39. The van der Waals surface area contributed by atoms with Crippen molar-refractivity contribution in [1.29, 1.82) is 0 Å². The first-order valence-corrected chi connectivity index (χ1v) is 4.20. The molecular formula is C8H14N2O2. The van der Waals surface area contributed by atoms with Gasteiger partial charge in [-0.3, -0.25) is 9.59 Å². The molecule has 0 unspecified atom stereocenters. The van der Waals surface area contributed by atoms with Gasteiger partial charge in [-0.15, -0.1) is 0 Å². The fourth-order valence-corrected chi connectivity index (χ4v) is 1.38. The molecule has 1 fully saturated rings. The second-order valence-corrected chi connectivity index (χ2v) is 3.37. The third-order valence-corrected chi connectivity index (χ3v) is 2.39. The molecule has 0 aromatic carbocycles.